The lowest BCUT2D eigenvalue weighted by molar-refractivity contribution is 0.755. The van der Waals surface area contributed by atoms with Crippen molar-refractivity contribution in [2.75, 3.05) is 16.9 Å². The van der Waals surface area contributed by atoms with Crippen molar-refractivity contribution < 1.29 is 0 Å². The van der Waals surface area contributed by atoms with Gasteiger partial charge in [0, 0.05) is 17.6 Å². The molecule has 5 N–H and O–H groups in total. The van der Waals surface area contributed by atoms with Crippen LogP contribution in [0.3, 0.4) is 0 Å². The molecule has 0 aliphatic rings. The van der Waals surface area contributed by atoms with Crippen LogP contribution in [0, 0.1) is 0 Å². The highest BCUT2D eigenvalue weighted by molar-refractivity contribution is 5.89. The van der Waals surface area contributed by atoms with E-state index in [9.17, 15) is 0 Å². The Labute approximate surface area is 88.8 Å². The zero-order valence-electron chi connectivity index (χ0n) is 8.99. The molecule has 2 rings (SSSR count). The second-order valence-electron chi connectivity index (χ2n) is 4.01. The van der Waals surface area contributed by atoms with Crippen LogP contribution >= 0.6 is 0 Å². The Morgan fingerprint density at radius 2 is 1.87 bits per heavy atom. The predicted molar refractivity (Wildman–Crippen MR) is 65.3 cm³/mol. The Kier molecular flexibility index (Phi) is 2.19. The molecule has 0 atom stereocenters. The molecule has 0 saturated heterocycles. The summed E-state index contributed by atoms with van der Waals surface area (Å²) in [6.07, 6.45) is 1.98. The van der Waals surface area contributed by atoms with Crippen LogP contribution in [-0.2, 0) is 0 Å². The van der Waals surface area contributed by atoms with Gasteiger partial charge in [-0.2, -0.15) is 0 Å². The quantitative estimate of drug-likeness (QED) is 0.653. The van der Waals surface area contributed by atoms with E-state index in [1.54, 1.807) is 0 Å². The molecule has 0 fully saturated rings. The standard InChI is InChI=1S/C11H16N4/c1-7(2)14-15-4-3-8-5-9(12)10(13)6-11(8)15/h3-7,14H,12-13H2,1-2H3. The Morgan fingerprint density at radius 3 is 2.53 bits per heavy atom. The maximum Gasteiger partial charge on any atom is 0.0714 e. The highest BCUT2D eigenvalue weighted by atomic mass is 15.4. The Balaban J connectivity index is 2.54. The minimum Gasteiger partial charge on any atom is -0.397 e. The fourth-order valence-corrected chi connectivity index (χ4v) is 1.61. The number of nitrogens with zero attached hydrogens (tertiary/aromatic N) is 1. The molecule has 0 aliphatic carbocycles. The van der Waals surface area contributed by atoms with Crippen molar-refractivity contribution in [3.63, 3.8) is 0 Å². The number of rotatable bonds is 2. The van der Waals surface area contributed by atoms with E-state index in [-0.39, 0.29) is 0 Å². The Bertz CT molecular complexity index is 485. The van der Waals surface area contributed by atoms with E-state index < -0.39 is 0 Å². The smallest absolute Gasteiger partial charge is 0.0714 e. The third-order valence-corrected chi connectivity index (χ3v) is 2.29. The molecule has 0 amide bonds. The van der Waals surface area contributed by atoms with Gasteiger partial charge in [-0.25, -0.2) is 0 Å². The maximum atomic E-state index is 5.78. The number of fused-ring (bicyclic) bond motifs is 1. The molecule has 4 heteroatoms. The van der Waals surface area contributed by atoms with Crippen molar-refractivity contribution in [1.82, 2.24) is 4.68 Å². The first kappa shape index (κ1) is 9.71. The first-order valence-electron chi connectivity index (χ1n) is 5.00. The van der Waals surface area contributed by atoms with Crippen LogP contribution in [0.1, 0.15) is 13.8 Å². The molecule has 0 unspecified atom stereocenters. The first-order valence-corrected chi connectivity index (χ1v) is 5.00. The maximum absolute atomic E-state index is 5.78. The summed E-state index contributed by atoms with van der Waals surface area (Å²) in [6.45, 7) is 4.18. The lowest BCUT2D eigenvalue weighted by Gasteiger charge is -2.13. The van der Waals surface area contributed by atoms with Crippen molar-refractivity contribution in [2.24, 2.45) is 0 Å². The van der Waals surface area contributed by atoms with E-state index >= 15 is 0 Å². The van der Waals surface area contributed by atoms with E-state index in [1.807, 2.05) is 29.1 Å². The van der Waals surface area contributed by atoms with Crippen molar-refractivity contribution in [3.05, 3.63) is 24.4 Å². The van der Waals surface area contributed by atoms with Gasteiger partial charge in [0.15, 0.2) is 0 Å². The molecule has 1 aromatic heterocycles. The summed E-state index contributed by atoms with van der Waals surface area (Å²) >= 11 is 0. The minimum atomic E-state index is 0.374. The monoisotopic (exact) mass is 204 g/mol. The number of hydrogen-bond donors (Lipinski definition) is 3. The number of anilines is 2. The zero-order valence-corrected chi connectivity index (χ0v) is 8.99. The van der Waals surface area contributed by atoms with Crippen LogP contribution in [0.4, 0.5) is 11.4 Å². The topological polar surface area (TPSA) is 69.0 Å². The van der Waals surface area contributed by atoms with Crippen LogP contribution in [0.5, 0.6) is 0 Å². The number of aromatic nitrogens is 1. The molecule has 2 aromatic rings. The molecular formula is C11H16N4. The first-order chi connectivity index (χ1) is 7.08. The van der Waals surface area contributed by atoms with Gasteiger partial charge in [0.2, 0.25) is 0 Å². The number of nitrogens with one attached hydrogen (secondary N) is 1. The Morgan fingerprint density at radius 1 is 1.20 bits per heavy atom. The van der Waals surface area contributed by atoms with E-state index in [4.69, 9.17) is 11.5 Å². The van der Waals surface area contributed by atoms with E-state index in [0.717, 1.165) is 10.9 Å². The molecular weight excluding hydrogens is 188 g/mol. The molecule has 80 valence electrons. The van der Waals surface area contributed by atoms with E-state index in [0.29, 0.717) is 17.4 Å². The fraction of sp³-hybridized carbons (Fsp3) is 0.273. The average molecular weight is 204 g/mol. The van der Waals surface area contributed by atoms with Gasteiger partial charge in [0.1, 0.15) is 0 Å². The van der Waals surface area contributed by atoms with Gasteiger partial charge in [-0.1, -0.05) is 0 Å². The third kappa shape index (κ3) is 1.70. The van der Waals surface area contributed by atoms with Crippen molar-refractivity contribution >= 4 is 22.3 Å². The van der Waals surface area contributed by atoms with Gasteiger partial charge in [-0.15, -0.1) is 0 Å². The molecule has 0 bridgehead atoms. The molecule has 0 radical (unpaired) electrons. The summed E-state index contributed by atoms with van der Waals surface area (Å²) in [4.78, 5) is 0. The van der Waals surface area contributed by atoms with Gasteiger partial charge in [-0.3, -0.25) is 4.68 Å². The van der Waals surface area contributed by atoms with Crippen LogP contribution in [0.15, 0.2) is 24.4 Å². The summed E-state index contributed by atoms with van der Waals surface area (Å²) in [7, 11) is 0. The molecule has 4 nitrogen and oxygen atoms in total. The largest absolute Gasteiger partial charge is 0.397 e. The van der Waals surface area contributed by atoms with Gasteiger partial charge in [0.25, 0.3) is 0 Å². The van der Waals surface area contributed by atoms with Gasteiger partial charge >= 0.3 is 0 Å². The zero-order chi connectivity index (χ0) is 11.0. The second kappa shape index (κ2) is 3.38. The number of nitrogens with two attached hydrogens (primary N) is 2. The van der Waals surface area contributed by atoms with Gasteiger partial charge in [0.05, 0.1) is 16.9 Å². The van der Waals surface area contributed by atoms with Crippen LogP contribution < -0.4 is 16.9 Å². The summed E-state index contributed by atoms with van der Waals surface area (Å²) in [5.74, 6) is 0. The molecule has 0 saturated carbocycles. The summed E-state index contributed by atoms with van der Waals surface area (Å²) in [5, 5.41) is 1.09. The minimum absolute atomic E-state index is 0.374. The number of benzene rings is 1. The normalized spacial score (nSPS) is 11.1. The van der Waals surface area contributed by atoms with Crippen LogP contribution in [0.25, 0.3) is 10.9 Å². The molecule has 15 heavy (non-hydrogen) atoms. The molecule has 0 aliphatic heterocycles. The molecule has 1 aromatic carbocycles. The van der Waals surface area contributed by atoms with Crippen molar-refractivity contribution in [1.29, 1.82) is 0 Å². The van der Waals surface area contributed by atoms with Gasteiger partial charge in [-0.05, 0) is 32.0 Å². The van der Waals surface area contributed by atoms with Crippen molar-refractivity contribution in [3.8, 4) is 0 Å². The highest BCUT2D eigenvalue weighted by Gasteiger charge is 2.04. The number of nitrogen functional groups attached to an aromatic ring is 2. The third-order valence-electron chi connectivity index (χ3n) is 2.29. The van der Waals surface area contributed by atoms with E-state index in [1.165, 1.54) is 0 Å². The van der Waals surface area contributed by atoms with Gasteiger partial charge < -0.3 is 16.9 Å². The van der Waals surface area contributed by atoms with E-state index in [2.05, 4.69) is 19.3 Å². The highest BCUT2D eigenvalue weighted by Crippen LogP contribution is 2.24. The lowest BCUT2D eigenvalue weighted by Crippen LogP contribution is -2.21. The lowest BCUT2D eigenvalue weighted by atomic mass is 10.2. The Hall–Kier alpha value is -1.84. The molecule has 1 heterocycles. The average Bonchev–Trinajstić information content (AvgIpc) is 2.49. The second-order valence-corrected chi connectivity index (χ2v) is 4.01. The summed E-state index contributed by atoms with van der Waals surface area (Å²) in [6, 6.07) is 6.17. The number of hydrogen-bond acceptors (Lipinski definition) is 3. The summed E-state index contributed by atoms with van der Waals surface area (Å²) in [5.41, 5.74) is 17.1. The molecule has 0 spiro atoms. The summed E-state index contributed by atoms with van der Waals surface area (Å²) < 4.78 is 1.97. The van der Waals surface area contributed by atoms with Crippen molar-refractivity contribution in [2.45, 2.75) is 19.9 Å². The van der Waals surface area contributed by atoms with Crippen LogP contribution in [0.2, 0.25) is 0 Å². The van der Waals surface area contributed by atoms with Crippen LogP contribution in [-0.4, -0.2) is 10.7 Å². The fourth-order valence-electron chi connectivity index (χ4n) is 1.61. The predicted octanol–water partition coefficient (Wildman–Crippen LogP) is 1.76. The SMILES string of the molecule is CC(C)Nn1ccc2cc(N)c(N)cc21.